The maximum absolute atomic E-state index is 11.6. The van der Waals surface area contributed by atoms with Crippen LogP contribution in [0.5, 0.6) is 0 Å². The van der Waals surface area contributed by atoms with Crippen LogP contribution >= 0.6 is 0 Å². The number of hydrogen-bond donors (Lipinski definition) is 2. The molecule has 1 aliphatic rings. The Labute approximate surface area is 117 Å². The van der Waals surface area contributed by atoms with Crippen LogP contribution in [0.3, 0.4) is 0 Å². The van der Waals surface area contributed by atoms with E-state index in [-0.39, 0.29) is 5.91 Å². The normalized spacial score (nSPS) is 22.6. The molecule has 20 heavy (non-hydrogen) atoms. The standard InChI is InChI=1S/C14H19N5O/c1-14(13(16)20)5-7-18(9-14)12-10(8-15)19-6-3-2-4-11(19)17-12/h2-4,6H,5,7-9,15H2,1H3,(H2,16,20). The zero-order valence-corrected chi connectivity index (χ0v) is 11.5. The Bertz CT molecular complexity index is 665. The molecule has 4 N–H and O–H groups in total. The van der Waals surface area contributed by atoms with Crippen LogP contribution in [0.15, 0.2) is 24.4 Å². The van der Waals surface area contributed by atoms with Crippen molar-refractivity contribution in [2.75, 3.05) is 18.0 Å². The molecule has 6 nitrogen and oxygen atoms in total. The highest BCUT2D eigenvalue weighted by Crippen LogP contribution is 2.34. The number of nitrogens with two attached hydrogens (primary N) is 2. The topological polar surface area (TPSA) is 89.7 Å². The van der Waals surface area contributed by atoms with Crippen LogP contribution < -0.4 is 16.4 Å². The fourth-order valence-corrected chi connectivity index (χ4v) is 2.82. The van der Waals surface area contributed by atoms with Gasteiger partial charge in [-0.15, -0.1) is 0 Å². The number of hydrogen-bond acceptors (Lipinski definition) is 4. The van der Waals surface area contributed by atoms with Crippen molar-refractivity contribution in [1.82, 2.24) is 9.38 Å². The van der Waals surface area contributed by atoms with Crippen LogP contribution in [0.25, 0.3) is 5.65 Å². The molecule has 0 bridgehead atoms. The summed E-state index contributed by atoms with van der Waals surface area (Å²) in [4.78, 5) is 18.3. The van der Waals surface area contributed by atoms with E-state index in [1.165, 1.54) is 0 Å². The van der Waals surface area contributed by atoms with Gasteiger partial charge in [-0.1, -0.05) is 6.07 Å². The zero-order chi connectivity index (χ0) is 14.3. The molecular formula is C14H19N5O. The minimum atomic E-state index is -0.484. The molecule has 0 saturated carbocycles. The Morgan fingerprint density at radius 1 is 1.50 bits per heavy atom. The second kappa shape index (κ2) is 4.49. The fourth-order valence-electron chi connectivity index (χ4n) is 2.82. The molecule has 0 aliphatic carbocycles. The van der Waals surface area contributed by atoms with Gasteiger partial charge in [0, 0.05) is 25.8 Å². The minimum absolute atomic E-state index is 0.252. The largest absolute Gasteiger partial charge is 0.369 e. The van der Waals surface area contributed by atoms with Crippen molar-refractivity contribution in [2.45, 2.75) is 19.9 Å². The third-order valence-electron chi connectivity index (χ3n) is 4.17. The first-order chi connectivity index (χ1) is 9.55. The second-order valence-electron chi connectivity index (χ2n) is 5.61. The minimum Gasteiger partial charge on any atom is -0.369 e. The van der Waals surface area contributed by atoms with Crippen LogP contribution in [0, 0.1) is 5.41 Å². The lowest BCUT2D eigenvalue weighted by molar-refractivity contribution is -0.125. The number of carbonyl (C=O) groups excluding carboxylic acids is 1. The van der Waals surface area contributed by atoms with Crippen molar-refractivity contribution in [3.05, 3.63) is 30.1 Å². The van der Waals surface area contributed by atoms with E-state index >= 15 is 0 Å². The second-order valence-corrected chi connectivity index (χ2v) is 5.61. The molecular weight excluding hydrogens is 254 g/mol. The fraction of sp³-hybridized carbons (Fsp3) is 0.429. The molecule has 3 rings (SSSR count). The number of pyridine rings is 1. The maximum Gasteiger partial charge on any atom is 0.225 e. The lowest BCUT2D eigenvalue weighted by atomic mass is 9.89. The number of anilines is 1. The Kier molecular flexibility index (Phi) is 2.90. The highest BCUT2D eigenvalue weighted by atomic mass is 16.1. The summed E-state index contributed by atoms with van der Waals surface area (Å²) in [6, 6.07) is 5.85. The quantitative estimate of drug-likeness (QED) is 0.852. The third kappa shape index (κ3) is 1.84. The van der Waals surface area contributed by atoms with Crippen molar-refractivity contribution in [1.29, 1.82) is 0 Å². The van der Waals surface area contributed by atoms with Gasteiger partial charge in [0.05, 0.1) is 11.1 Å². The van der Waals surface area contributed by atoms with Crippen molar-refractivity contribution in [3.63, 3.8) is 0 Å². The first-order valence-corrected chi connectivity index (χ1v) is 6.76. The van der Waals surface area contributed by atoms with Gasteiger partial charge in [0.15, 0.2) is 5.82 Å². The van der Waals surface area contributed by atoms with Gasteiger partial charge in [-0.2, -0.15) is 0 Å². The zero-order valence-electron chi connectivity index (χ0n) is 11.5. The molecule has 0 spiro atoms. The van der Waals surface area contributed by atoms with Gasteiger partial charge >= 0.3 is 0 Å². The van der Waals surface area contributed by atoms with Crippen molar-refractivity contribution in [2.24, 2.45) is 16.9 Å². The van der Waals surface area contributed by atoms with E-state index in [0.717, 1.165) is 30.1 Å². The predicted octanol–water partition coefficient (Wildman–Crippen LogP) is 0.495. The molecule has 1 aliphatic heterocycles. The third-order valence-corrected chi connectivity index (χ3v) is 4.17. The molecule has 0 aromatic carbocycles. The number of rotatable bonds is 3. The van der Waals surface area contributed by atoms with E-state index in [4.69, 9.17) is 11.5 Å². The van der Waals surface area contributed by atoms with Gasteiger partial charge in [0.1, 0.15) is 5.65 Å². The van der Waals surface area contributed by atoms with Crippen LogP contribution in [-0.4, -0.2) is 28.4 Å². The van der Waals surface area contributed by atoms with E-state index in [2.05, 4.69) is 9.88 Å². The first kappa shape index (κ1) is 12.9. The Hall–Kier alpha value is -2.08. The number of amides is 1. The summed E-state index contributed by atoms with van der Waals surface area (Å²) in [5, 5.41) is 0. The molecule has 0 radical (unpaired) electrons. The van der Waals surface area contributed by atoms with Gasteiger partial charge < -0.3 is 20.8 Å². The first-order valence-electron chi connectivity index (χ1n) is 6.76. The number of aromatic nitrogens is 2. The number of nitrogens with zero attached hydrogens (tertiary/aromatic N) is 3. The van der Waals surface area contributed by atoms with E-state index < -0.39 is 5.41 Å². The average molecular weight is 273 g/mol. The lowest BCUT2D eigenvalue weighted by Crippen LogP contribution is -2.37. The number of carbonyl (C=O) groups is 1. The van der Waals surface area contributed by atoms with E-state index in [1.807, 2.05) is 35.7 Å². The number of primary amides is 1. The van der Waals surface area contributed by atoms with Gasteiger partial charge in [0.2, 0.25) is 5.91 Å². The number of imidazole rings is 1. The molecule has 1 saturated heterocycles. The molecule has 1 unspecified atom stereocenters. The molecule has 1 amide bonds. The smallest absolute Gasteiger partial charge is 0.225 e. The summed E-state index contributed by atoms with van der Waals surface area (Å²) in [5.74, 6) is 0.613. The molecule has 1 atom stereocenters. The van der Waals surface area contributed by atoms with Crippen molar-refractivity contribution >= 4 is 17.4 Å². The van der Waals surface area contributed by atoms with Crippen LogP contribution in [0.1, 0.15) is 19.0 Å². The Morgan fingerprint density at radius 2 is 2.30 bits per heavy atom. The molecule has 2 aromatic rings. The molecule has 1 fully saturated rings. The molecule has 2 aromatic heterocycles. The molecule has 106 valence electrons. The summed E-state index contributed by atoms with van der Waals surface area (Å²) in [7, 11) is 0. The SMILES string of the molecule is CC1(C(N)=O)CCN(c2nc3ccccn3c2CN)C1. The van der Waals surface area contributed by atoms with Gasteiger partial charge in [-0.05, 0) is 25.5 Å². The summed E-state index contributed by atoms with van der Waals surface area (Å²) in [6.07, 6.45) is 2.71. The average Bonchev–Trinajstić information content (AvgIpc) is 3.00. The monoisotopic (exact) mass is 273 g/mol. The number of fused-ring (bicyclic) bond motifs is 1. The van der Waals surface area contributed by atoms with Gasteiger partial charge in [0.25, 0.3) is 0 Å². The Morgan fingerprint density at radius 3 is 2.95 bits per heavy atom. The predicted molar refractivity (Wildman–Crippen MR) is 77.2 cm³/mol. The van der Waals surface area contributed by atoms with Crippen molar-refractivity contribution < 1.29 is 4.79 Å². The van der Waals surface area contributed by atoms with Crippen LogP contribution in [-0.2, 0) is 11.3 Å². The highest BCUT2D eigenvalue weighted by molar-refractivity contribution is 5.82. The summed E-state index contributed by atoms with van der Waals surface area (Å²) in [6.45, 7) is 3.69. The molecule has 6 heteroatoms. The molecule has 3 heterocycles. The Balaban J connectivity index is 2.01. The summed E-state index contributed by atoms with van der Waals surface area (Å²) >= 11 is 0. The van der Waals surface area contributed by atoms with E-state index in [0.29, 0.717) is 13.1 Å². The van der Waals surface area contributed by atoms with Gasteiger partial charge in [-0.25, -0.2) is 4.98 Å². The maximum atomic E-state index is 11.6. The van der Waals surface area contributed by atoms with Crippen molar-refractivity contribution in [3.8, 4) is 0 Å². The summed E-state index contributed by atoms with van der Waals surface area (Å²) < 4.78 is 2.00. The van der Waals surface area contributed by atoms with Crippen LogP contribution in [0.4, 0.5) is 5.82 Å². The van der Waals surface area contributed by atoms with Gasteiger partial charge in [-0.3, -0.25) is 4.79 Å². The lowest BCUT2D eigenvalue weighted by Gasteiger charge is -2.21. The van der Waals surface area contributed by atoms with E-state index in [9.17, 15) is 4.79 Å². The highest BCUT2D eigenvalue weighted by Gasteiger charge is 2.40. The van der Waals surface area contributed by atoms with E-state index in [1.54, 1.807) is 0 Å². The van der Waals surface area contributed by atoms with Crippen LogP contribution in [0.2, 0.25) is 0 Å². The summed E-state index contributed by atoms with van der Waals surface area (Å²) in [5.41, 5.74) is 12.7.